The number of unbranched alkanes of at least 4 members (excludes halogenated alkanes) is 19. The average molecular weight is 528 g/mol. The van der Waals surface area contributed by atoms with E-state index in [0.29, 0.717) is 6.29 Å². The molecule has 0 radical (unpaired) electrons. The molecule has 0 saturated carbocycles. The molecule has 0 aliphatic heterocycles. The first-order valence-corrected chi connectivity index (χ1v) is 15.0. The van der Waals surface area contributed by atoms with Crippen LogP contribution in [-0.2, 0) is 9.59 Å². The van der Waals surface area contributed by atoms with E-state index in [1.165, 1.54) is 115 Å². The number of hydrogen-bond donors (Lipinski definition) is 5. The number of carbonyl (C=O) groups excluding carboxylic acids is 2. The average Bonchev–Trinajstić information content (AvgIpc) is 2.91. The number of hydrogen-bond acceptors (Lipinski definition) is 6. The van der Waals surface area contributed by atoms with E-state index in [4.69, 9.17) is 5.11 Å². The SMILES string of the molecule is CCCCCCCCCCCCCCCCCCCCCC=CC(=O)N[C@@H](C=O)[C@@H](O)[C@H](O)[C@H](O)CO. The summed E-state index contributed by atoms with van der Waals surface area (Å²) in [6, 6.07) is -1.37. The van der Waals surface area contributed by atoms with Gasteiger partial charge in [0.15, 0.2) is 0 Å². The first kappa shape index (κ1) is 35.7. The standard InChI is InChI=1S/C30H57NO6/c1-2-3-4-5-6-7-8-9-10-11-12-13-14-15-16-17-18-19-20-21-22-23-28(35)31-26(24-32)29(36)30(37)27(34)25-33/h22-24,26-27,29-30,33-34,36-37H,2-21,25H2,1H3,(H,31,35)/t26-,27+,29+,30+/m0/s1. The molecule has 0 spiro atoms. The summed E-state index contributed by atoms with van der Waals surface area (Å²) >= 11 is 0. The third-order valence-corrected chi connectivity index (χ3v) is 7.00. The Hall–Kier alpha value is -1.28. The zero-order valence-corrected chi connectivity index (χ0v) is 23.5. The predicted octanol–water partition coefficient (Wildman–Crippen LogP) is 5.12. The molecule has 1 amide bonds. The number of nitrogens with one attached hydrogen (secondary N) is 1. The topological polar surface area (TPSA) is 127 Å². The smallest absolute Gasteiger partial charge is 0.244 e. The van der Waals surface area contributed by atoms with Crippen LogP contribution in [0, 0.1) is 0 Å². The third-order valence-electron chi connectivity index (χ3n) is 7.00. The van der Waals surface area contributed by atoms with E-state index in [0.717, 1.165) is 19.3 Å². The van der Waals surface area contributed by atoms with Crippen LogP contribution < -0.4 is 5.32 Å². The summed E-state index contributed by atoms with van der Waals surface area (Å²) in [7, 11) is 0. The number of rotatable bonds is 27. The maximum absolute atomic E-state index is 11.9. The molecule has 0 fully saturated rings. The van der Waals surface area contributed by atoms with Gasteiger partial charge in [-0.3, -0.25) is 4.79 Å². The molecule has 218 valence electrons. The van der Waals surface area contributed by atoms with Crippen molar-refractivity contribution in [3.8, 4) is 0 Å². The van der Waals surface area contributed by atoms with E-state index in [1.807, 2.05) is 0 Å². The van der Waals surface area contributed by atoms with Crippen molar-refractivity contribution in [1.82, 2.24) is 5.32 Å². The molecule has 37 heavy (non-hydrogen) atoms. The largest absolute Gasteiger partial charge is 0.394 e. The number of aliphatic hydroxyl groups is 4. The van der Waals surface area contributed by atoms with E-state index >= 15 is 0 Å². The summed E-state index contributed by atoms with van der Waals surface area (Å²) in [5.41, 5.74) is 0. The second-order valence-corrected chi connectivity index (χ2v) is 10.5. The molecule has 0 aromatic rings. The summed E-state index contributed by atoms with van der Waals surface area (Å²) < 4.78 is 0. The fourth-order valence-corrected chi connectivity index (χ4v) is 4.49. The van der Waals surface area contributed by atoms with Gasteiger partial charge < -0.3 is 30.5 Å². The molecule has 0 unspecified atom stereocenters. The van der Waals surface area contributed by atoms with Crippen molar-refractivity contribution in [2.45, 2.75) is 160 Å². The second-order valence-electron chi connectivity index (χ2n) is 10.5. The summed E-state index contributed by atoms with van der Waals surface area (Å²) in [5.74, 6) is -0.556. The van der Waals surface area contributed by atoms with Crippen LogP contribution in [0.4, 0.5) is 0 Å². The molecule has 0 heterocycles. The fraction of sp³-hybridized carbons (Fsp3) is 0.867. The van der Waals surface area contributed by atoms with E-state index in [-0.39, 0.29) is 0 Å². The highest BCUT2D eigenvalue weighted by Crippen LogP contribution is 2.15. The monoisotopic (exact) mass is 527 g/mol. The lowest BCUT2D eigenvalue weighted by Gasteiger charge is -2.25. The Morgan fingerprint density at radius 3 is 1.46 bits per heavy atom. The van der Waals surface area contributed by atoms with Crippen molar-refractivity contribution in [2.24, 2.45) is 0 Å². The highest BCUT2D eigenvalue weighted by molar-refractivity contribution is 5.89. The van der Waals surface area contributed by atoms with Crippen molar-refractivity contribution in [1.29, 1.82) is 0 Å². The van der Waals surface area contributed by atoms with Crippen molar-refractivity contribution in [2.75, 3.05) is 6.61 Å². The van der Waals surface area contributed by atoms with E-state index in [1.54, 1.807) is 6.08 Å². The molecule has 0 bridgehead atoms. The quantitative estimate of drug-likeness (QED) is 0.0573. The summed E-state index contributed by atoms with van der Waals surface area (Å²) in [4.78, 5) is 23.0. The van der Waals surface area contributed by atoms with Crippen molar-refractivity contribution in [3.05, 3.63) is 12.2 Å². The van der Waals surface area contributed by atoms with Crippen LogP contribution in [0.15, 0.2) is 12.2 Å². The lowest BCUT2D eigenvalue weighted by molar-refractivity contribution is -0.128. The third kappa shape index (κ3) is 21.4. The lowest BCUT2D eigenvalue weighted by atomic mass is 10.0. The van der Waals surface area contributed by atoms with Gasteiger partial charge in [-0.25, -0.2) is 0 Å². The Morgan fingerprint density at radius 2 is 1.08 bits per heavy atom. The van der Waals surface area contributed by atoms with E-state index < -0.39 is 36.9 Å². The van der Waals surface area contributed by atoms with Crippen molar-refractivity contribution in [3.63, 3.8) is 0 Å². The first-order valence-electron chi connectivity index (χ1n) is 15.0. The highest BCUT2D eigenvalue weighted by atomic mass is 16.4. The Morgan fingerprint density at radius 1 is 0.676 bits per heavy atom. The molecular formula is C30H57NO6. The molecule has 0 aliphatic carbocycles. The molecule has 0 saturated heterocycles. The van der Waals surface area contributed by atoms with Crippen molar-refractivity contribution >= 4 is 12.2 Å². The Bertz CT molecular complexity index is 556. The number of allylic oxidation sites excluding steroid dienone is 1. The zero-order chi connectivity index (χ0) is 27.6. The van der Waals surface area contributed by atoms with Crippen LogP contribution in [0.25, 0.3) is 0 Å². The normalized spacial score (nSPS) is 14.9. The van der Waals surface area contributed by atoms with Gasteiger partial charge in [-0.15, -0.1) is 0 Å². The number of aldehydes is 1. The van der Waals surface area contributed by atoms with Gasteiger partial charge in [-0.2, -0.15) is 0 Å². The van der Waals surface area contributed by atoms with Crippen LogP contribution >= 0.6 is 0 Å². The minimum atomic E-state index is -1.74. The molecule has 4 atom stereocenters. The molecule has 0 rings (SSSR count). The summed E-state index contributed by atoms with van der Waals surface area (Å²) in [6.07, 6.45) is 24.4. The Kier molecular flexibility index (Phi) is 25.4. The molecule has 0 aliphatic rings. The molecule has 7 nitrogen and oxygen atoms in total. The van der Waals surface area contributed by atoms with Crippen LogP contribution in [0.3, 0.4) is 0 Å². The van der Waals surface area contributed by atoms with Gasteiger partial charge in [0.05, 0.1) is 6.61 Å². The predicted molar refractivity (Wildman–Crippen MR) is 150 cm³/mol. The Balaban J connectivity index is 3.54. The summed E-state index contributed by atoms with van der Waals surface area (Å²) in [6.45, 7) is 1.50. The van der Waals surface area contributed by atoms with Crippen LogP contribution in [0.1, 0.15) is 135 Å². The van der Waals surface area contributed by atoms with Gasteiger partial charge in [0.1, 0.15) is 30.6 Å². The van der Waals surface area contributed by atoms with Crippen LogP contribution in [0.5, 0.6) is 0 Å². The lowest BCUT2D eigenvalue weighted by Crippen LogP contribution is -2.53. The minimum Gasteiger partial charge on any atom is -0.394 e. The second kappa shape index (κ2) is 26.3. The Labute approximate surface area is 226 Å². The van der Waals surface area contributed by atoms with Crippen LogP contribution in [0.2, 0.25) is 0 Å². The van der Waals surface area contributed by atoms with Gasteiger partial charge in [-0.05, 0) is 18.9 Å². The van der Waals surface area contributed by atoms with Gasteiger partial charge in [0.2, 0.25) is 5.91 Å². The maximum Gasteiger partial charge on any atom is 0.244 e. The number of carbonyl (C=O) groups is 2. The van der Waals surface area contributed by atoms with E-state index in [9.17, 15) is 24.9 Å². The highest BCUT2D eigenvalue weighted by Gasteiger charge is 2.31. The van der Waals surface area contributed by atoms with Gasteiger partial charge in [0, 0.05) is 0 Å². The summed E-state index contributed by atoms with van der Waals surface area (Å²) in [5, 5.41) is 40.0. The van der Waals surface area contributed by atoms with Crippen molar-refractivity contribution < 1.29 is 30.0 Å². The van der Waals surface area contributed by atoms with E-state index in [2.05, 4.69) is 12.2 Å². The molecule has 0 aromatic carbocycles. The molecule has 5 N–H and O–H groups in total. The minimum absolute atomic E-state index is 0.293. The molecular weight excluding hydrogens is 470 g/mol. The molecule has 0 aromatic heterocycles. The number of amides is 1. The first-order chi connectivity index (χ1) is 18.0. The maximum atomic E-state index is 11.9. The zero-order valence-electron chi connectivity index (χ0n) is 23.5. The van der Waals surface area contributed by atoms with Gasteiger partial charge >= 0.3 is 0 Å². The van der Waals surface area contributed by atoms with Gasteiger partial charge in [0.25, 0.3) is 0 Å². The molecule has 7 heteroatoms. The fourth-order valence-electron chi connectivity index (χ4n) is 4.49. The van der Waals surface area contributed by atoms with Crippen LogP contribution in [-0.4, -0.2) is 63.6 Å². The van der Waals surface area contributed by atoms with Gasteiger partial charge in [-0.1, -0.05) is 129 Å². The number of aliphatic hydroxyl groups excluding tert-OH is 4.